The van der Waals surface area contributed by atoms with E-state index < -0.39 is 0 Å². The van der Waals surface area contributed by atoms with Crippen LogP contribution in [0.1, 0.15) is 50.7 Å². The van der Waals surface area contributed by atoms with Crippen LogP contribution in [0.4, 0.5) is 0 Å². The SMILES string of the molecule is CCCCOCCCN(CCC(=O)OCC)C(=O)/C=C/c1ccc(C)cc1. The zero-order valence-corrected chi connectivity index (χ0v) is 16.9. The number of esters is 1. The van der Waals surface area contributed by atoms with Gasteiger partial charge in [-0.25, -0.2) is 0 Å². The number of hydrogen-bond acceptors (Lipinski definition) is 4. The van der Waals surface area contributed by atoms with E-state index in [1.54, 1.807) is 24.0 Å². The van der Waals surface area contributed by atoms with Crippen LogP contribution in [0.2, 0.25) is 0 Å². The number of benzene rings is 1. The van der Waals surface area contributed by atoms with Gasteiger partial charge in [0.1, 0.15) is 0 Å². The lowest BCUT2D eigenvalue weighted by Gasteiger charge is -2.21. The van der Waals surface area contributed by atoms with Crippen molar-refractivity contribution in [1.82, 2.24) is 4.90 Å². The molecule has 0 fully saturated rings. The van der Waals surface area contributed by atoms with E-state index in [2.05, 4.69) is 6.92 Å². The summed E-state index contributed by atoms with van der Waals surface area (Å²) in [6.45, 7) is 8.56. The monoisotopic (exact) mass is 375 g/mol. The van der Waals surface area contributed by atoms with Crippen molar-refractivity contribution < 1.29 is 19.1 Å². The van der Waals surface area contributed by atoms with Crippen LogP contribution < -0.4 is 0 Å². The van der Waals surface area contributed by atoms with Gasteiger partial charge in [0.2, 0.25) is 5.91 Å². The zero-order chi connectivity index (χ0) is 19.9. The number of carbonyl (C=O) groups is 2. The molecule has 0 aliphatic heterocycles. The van der Waals surface area contributed by atoms with Gasteiger partial charge in [0, 0.05) is 32.4 Å². The third-order valence-corrected chi connectivity index (χ3v) is 4.06. The van der Waals surface area contributed by atoms with Gasteiger partial charge in [-0.2, -0.15) is 0 Å². The summed E-state index contributed by atoms with van der Waals surface area (Å²) in [6, 6.07) is 7.97. The van der Waals surface area contributed by atoms with E-state index in [-0.39, 0.29) is 18.3 Å². The molecule has 0 aliphatic carbocycles. The van der Waals surface area contributed by atoms with Crippen LogP contribution in [0.15, 0.2) is 30.3 Å². The van der Waals surface area contributed by atoms with E-state index >= 15 is 0 Å². The maximum Gasteiger partial charge on any atom is 0.307 e. The molecule has 0 N–H and O–H groups in total. The Kier molecular flexibility index (Phi) is 11.9. The molecule has 1 rings (SSSR count). The molecule has 0 saturated heterocycles. The third-order valence-electron chi connectivity index (χ3n) is 4.06. The summed E-state index contributed by atoms with van der Waals surface area (Å²) >= 11 is 0. The molecule has 0 heterocycles. The number of amides is 1. The maximum atomic E-state index is 12.6. The highest BCUT2D eigenvalue weighted by Crippen LogP contribution is 2.06. The maximum absolute atomic E-state index is 12.6. The minimum atomic E-state index is -0.281. The summed E-state index contributed by atoms with van der Waals surface area (Å²) in [5.74, 6) is -0.384. The predicted molar refractivity (Wildman–Crippen MR) is 108 cm³/mol. The van der Waals surface area contributed by atoms with Crippen LogP contribution >= 0.6 is 0 Å². The minimum Gasteiger partial charge on any atom is -0.466 e. The highest BCUT2D eigenvalue weighted by Gasteiger charge is 2.13. The van der Waals surface area contributed by atoms with Crippen molar-refractivity contribution in [1.29, 1.82) is 0 Å². The Labute approximate surface area is 163 Å². The Morgan fingerprint density at radius 3 is 2.41 bits per heavy atom. The smallest absolute Gasteiger partial charge is 0.307 e. The first-order chi connectivity index (χ1) is 13.1. The van der Waals surface area contributed by atoms with Crippen molar-refractivity contribution >= 4 is 18.0 Å². The first-order valence-corrected chi connectivity index (χ1v) is 9.83. The summed E-state index contributed by atoms with van der Waals surface area (Å²) in [5, 5.41) is 0. The van der Waals surface area contributed by atoms with Gasteiger partial charge in [0.25, 0.3) is 0 Å². The van der Waals surface area contributed by atoms with Crippen molar-refractivity contribution in [3.63, 3.8) is 0 Å². The average Bonchev–Trinajstić information content (AvgIpc) is 2.66. The topological polar surface area (TPSA) is 55.8 Å². The second-order valence-electron chi connectivity index (χ2n) is 6.44. The normalized spacial score (nSPS) is 10.9. The number of hydrogen-bond donors (Lipinski definition) is 0. The minimum absolute atomic E-state index is 0.103. The number of rotatable bonds is 13. The van der Waals surface area contributed by atoms with E-state index in [4.69, 9.17) is 9.47 Å². The molecule has 0 aliphatic rings. The summed E-state index contributed by atoms with van der Waals surface area (Å²) in [7, 11) is 0. The van der Waals surface area contributed by atoms with Gasteiger partial charge < -0.3 is 14.4 Å². The van der Waals surface area contributed by atoms with Gasteiger partial charge in [0.05, 0.1) is 13.0 Å². The fourth-order valence-electron chi connectivity index (χ4n) is 2.45. The Bertz CT molecular complexity index is 580. The molecule has 5 nitrogen and oxygen atoms in total. The molecule has 5 heteroatoms. The molecule has 0 aromatic heterocycles. The standard InChI is InChI=1S/C22H33NO4/c1-4-6-17-26-18-7-15-23(16-14-22(25)27-5-2)21(24)13-12-20-10-8-19(3)9-11-20/h8-13H,4-7,14-18H2,1-3H3/b13-12+. The van der Waals surface area contributed by atoms with Crippen molar-refractivity contribution in [3.05, 3.63) is 41.5 Å². The largest absolute Gasteiger partial charge is 0.466 e. The van der Waals surface area contributed by atoms with E-state index in [9.17, 15) is 9.59 Å². The van der Waals surface area contributed by atoms with Crippen LogP contribution in [-0.4, -0.2) is 49.7 Å². The van der Waals surface area contributed by atoms with E-state index in [0.29, 0.717) is 26.3 Å². The van der Waals surface area contributed by atoms with Crippen LogP contribution in [0.5, 0.6) is 0 Å². The van der Waals surface area contributed by atoms with Gasteiger partial charge in [-0.05, 0) is 38.3 Å². The highest BCUT2D eigenvalue weighted by atomic mass is 16.5. The van der Waals surface area contributed by atoms with Crippen molar-refractivity contribution in [2.24, 2.45) is 0 Å². The lowest BCUT2D eigenvalue weighted by molar-refractivity contribution is -0.143. The predicted octanol–water partition coefficient (Wildman–Crippen LogP) is 4.00. The van der Waals surface area contributed by atoms with E-state index in [1.165, 1.54) is 5.56 Å². The third kappa shape index (κ3) is 10.6. The molecule has 0 spiro atoms. The number of unbranched alkanes of at least 4 members (excludes halogenated alkanes) is 1. The lowest BCUT2D eigenvalue weighted by Crippen LogP contribution is -2.33. The summed E-state index contributed by atoms with van der Waals surface area (Å²) < 4.78 is 10.5. The van der Waals surface area contributed by atoms with Gasteiger partial charge in [-0.15, -0.1) is 0 Å². The Balaban J connectivity index is 2.57. The molecular weight excluding hydrogens is 342 g/mol. The molecule has 0 bridgehead atoms. The van der Waals surface area contributed by atoms with Crippen molar-refractivity contribution in [3.8, 4) is 0 Å². The molecule has 0 saturated carbocycles. The molecule has 1 aromatic rings. The van der Waals surface area contributed by atoms with Crippen LogP contribution in [-0.2, 0) is 19.1 Å². The molecule has 1 amide bonds. The zero-order valence-electron chi connectivity index (χ0n) is 16.9. The molecule has 0 unspecified atom stereocenters. The Hall–Kier alpha value is -2.14. The highest BCUT2D eigenvalue weighted by molar-refractivity contribution is 5.92. The number of aryl methyl sites for hydroxylation is 1. The number of ether oxygens (including phenoxy) is 2. The van der Waals surface area contributed by atoms with Crippen LogP contribution in [0.25, 0.3) is 6.08 Å². The van der Waals surface area contributed by atoms with E-state index in [0.717, 1.165) is 31.4 Å². The van der Waals surface area contributed by atoms with Gasteiger partial charge >= 0.3 is 5.97 Å². The molecule has 1 aromatic carbocycles. The van der Waals surface area contributed by atoms with Crippen molar-refractivity contribution in [2.75, 3.05) is 32.9 Å². The number of carbonyl (C=O) groups excluding carboxylic acids is 2. The van der Waals surface area contributed by atoms with E-state index in [1.807, 2.05) is 31.2 Å². The molecule has 27 heavy (non-hydrogen) atoms. The number of nitrogens with zero attached hydrogens (tertiary/aromatic N) is 1. The lowest BCUT2D eigenvalue weighted by atomic mass is 10.1. The molecule has 0 radical (unpaired) electrons. The second kappa shape index (κ2) is 14.0. The average molecular weight is 376 g/mol. The first-order valence-electron chi connectivity index (χ1n) is 9.83. The molecule has 0 atom stereocenters. The van der Waals surface area contributed by atoms with Crippen LogP contribution in [0.3, 0.4) is 0 Å². The molecular formula is C22H33NO4. The summed E-state index contributed by atoms with van der Waals surface area (Å²) in [5.41, 5.74) is 2.15. The summed E-state index contributed by atoms with van der Waals surface area (Å²) in [6.07, 6.45) is 6.47. The Morgan fingerprint density at radius 2 is 1.74 bits per heavy atom. The van der Waals surface area contributed by atoms with Crippen molar-refractivity contribution in [2.45, 2.75) is 46.5 Å². The fourth-order valence-corrected chi connectivity index (χ4v) is 2.45. The fraction of sp³-hybridized carbons (Fsp3) is 0.545. The summed E-state index contributed by atoms with van der Waals surface area (Å²) in [4.78, 5) is 25.9. The Morgan fingerprint density at radius 1 is 1.04 bits per heavy atom. The van der Waals surface area contributed by atoms with Gasteiger partial charge in [-0.1, -0.05) is 43.2 Å². The first kappa shape index (κ1) is 22.9. The van der Waals surface area contributed by atoms with Gasteiger partial charge in [0.15, 0.2) is 0 Å². The molecule has 150 valence electrons. The van der Waals surface area contributed by atoms with Gasteiger partial charge in [-0.3, -0.25) is 9.59 Å². The second-order valence-corrected chi connectivity index (χ2v) is 6.44. The quantitative estimate of drug-likeness (QED) is 0.297. The van der Waals surface area contributed by atoms with Crippen LogP contribution in [0, 0.1) is 6.92 Å².